The molecule has 3 fully saturated rings. The quantitative estimate of drug-likeness (QED) is 0.461. The number of hydrogen-bond acceptors (Lipinski definition) is 7. The van der Waals surface area contributed by atoms with Crippen LogP contribution in [0.5, 0.6) is 0 Å². The van der Waals surface area contributed by atoms with Crippen LogP contribution in [-0.2, 0) is 30.4 Å². The van der Waals surface area contributed by atoms with Crippen molar-refractivity contribution >= 4 is 17.7 Å². The van der Waals surface area contributed by atoms with Gasteiger partial charge in [0.2, 0.25) is 17.7 Å². The van der Waals surface area contributed by atoms with Crippen molar-refractivity contribution in [1.29, 1.82) is 0 Å². The van der Waals surface area contributed by atoms with Crippen LogP contribution in [0, 0.1) is 11.8 Å². The van der Waals surface area contributed by atoms with Gasteiger partial charge in [-0.2, -0.15) is 0 Å². The highest BCUT2D eigenvalue weighted by atomic mass is 16.5. The number of nitrogens with zero attached hydrogens (tertiary/aromatic N) is 4. The normalized spacial score (nSPS) is 33.8. The van der Waals surface area contributed by atoms with Crippen LogP contribution in [0.15, 0.2) is 54.6 Å². The van der Waals surface area contributed by atoms with Gasteiger partial charge in [-0.05, 0) is 18.9 Å². The molecule has 0 aliphatic carbocycles. The second-order valence-corrected chi connectivity index (χ2v) is 12.1. The zero-order valence-corrected chi connectivity index (χ0v) is 24.6. The highest BCUT2D eigenvalue weighted by Gasteiger charge is 2.75. The van der Waals surface area contributed by atoms with Crippen LogP contribution in [-0.4, -0.2) is 125 Å². The van der Waals surface area contributed by atoms with Crippen LogP contribution in [0.3, 0.4) is 0 Å². The summed E-state index contributed by atoms with van der Waals surface area (Å²) in [5.41, 5.74) is -1.34. The molecular weight excluding hydrogens is 536 g/mol. The number of fused-ring (bicyclic) bond motifs is 2. The van der Waals surface area contributed by atoms with Gasteiger partial charge in [-0.3, -0.25) is 19.3 Å². The third kappa shape index (κ3) is 4.69. The number of aliphatic hydroxyl groups excluding tert-OH is 1. The van der Waals surface area contributed by atoms with Gasteiger partial charge < -0.3 is 29.3 Å². The van der Waals surface area contributed by atoms with Gasteiger partial charge in [0.25, 0.3) is 0 Å². The topological polar surface area (TPSA) is 103 Å². The van der Waals surface area contributed by atoms with E-state index in [-0.39, 0.29) is 24.3 Å². The Labute approximate surface area is 247 Å². The number of aliphatic hydroxyl groups is 1. The molecule has 0 saturated carbocycles. The van der Waals surface area contributed by atoms with Crippen LogP contribution in [0.1, 0.15) is 25.8 Å². The second kappa shape index (κ2) is 11.6. The zero-order valence-electron chi connectivity index (χ0n) is 24.6. The van der Waals surface area contributed by atoms with Crippen LogP contribution >= 0.6 is 0 Å². The molecule has 6 atom stereocenters. The van der Waals surface area contributed by atoms with Crippen molar-refractivity contribution < 1.29 is 29.0 Å². The summed E-state index contributed by atoms with van der Waals surface area (Å²) in [4.78, 5) is 50.7. The van der Waals surface area contributed by atoms with Gasteiger partial charge in [0.1, 0.15) is 11.6 Å². The molecule has 5 heterocycles. The summed E-state index contributed by atoms with van der Waals surface area (Å²) < 4.78 is 12.5. The summed E-state index contributed by atoms with van der Waals surface area (Å²) in [5.74, 6) is -2.34. The van der Waals surface area contributed by atoms with Gasteiger partial charge >= 0.3 is 0 Å². The standard InChI is InChI=1S/C32H42N4O6/c1-3-31-11-7-14-35(21-24-9-5-4-6-10-24)28(38)25(31)26-29(39)36(23(2)22-37)27-30(40)34(13-8-12-32(26,27)42-31)16-15-33-17-19-41-20-18-33/h4-12,23,25-27,37H,3,13-22H2,1-2H3/t23-,25-,26+,27?,31+,32+/m1/s1. The monoisotopic (exact) mass is 578 g/mol. The minimum atomic E-state index is -1.32. The van der Waals surface area contributed by atoms with Crippen LogP contribution < -0.4 is 0 Å². The van der Waals surface area contributed by atoms with E-state index in [1.165, 1.54) is 4.90 Å². The Morgan fingerprint density at radius 2 is 1.64 bits per heavy atom. The third-order valence-corrected chi connectivity index (χ3v) is 9.79. The van der Waals surface area contributed by atoms with Crippen molar-refractivity contribution in [2.45, 2.75) is 50.1 Å². The van der Waals surface area contributed by atoms with Crippen LogP contribution in [0.2, 0.25) is 0 Å². The van der Waals surface area contributed by atoms with Gasteiger partial charge in [0.15, 0.2) is 0 Å². The molecule has 1 spiro atoms. The molecule has 6 rings (SSSR count). The number of amides is 3. The molecule has 5 aliphatic heterocycles. The van der Waals surface area contributed by atoms with Gasteiger partial charge in [-0.1, -0.05) is 61.6 Å². The van der Waals surface area contributed by atoms with Crippen molar-refractivity contribution in [3.8, 4) is 0 Å². The number of ether oxygens (including phenoxy) is 2. The Kier molecular flexibility index (Phi) is 7.99. The third-order valence-electron chi connectivity index (χ3n) is 9.79. The molecule has 10 heteroatoms. The molecule has 10 nitrogen and oxygen atoms in total. The molecular formula is C32H42N4O6. The fourth-order valence-electron chi connectivity index (χ4n) is 7.59. The van der Waals surface area contributed by atoms with Crippen LogP contribution in [0.25, 0.3) is 0 Å². The highest BCUT2D eigenvalue weighted by Crippen LogP contribution is 2.58. The minimum absolute atomic E-state index is 0.146. The van der Waals surface area contributed by atoms with E-state index in [2.05, 4.69) is 4.90 Å². The van der Waals surface area contributed by atoms with E-state index in [0.29, 0.717) is 52.4 Å². The predicted molar refractivity (Wildman–Crippen MR) is 155 cm³/mol. The fourth-order valence-corrected chi connectivity index (χ4v) is 7.59. The molecule has 5 aliphatic rings. The van der Waals surface area contributed by atoms with Crippen molar-refractivity contribution in [3.63, 3.8) is 0 Å². The largest absolute Gasteiger partial charge is 0.394 e. The summed E-state index contributed by atoms with van der Waals surface area (Å²) in [6.07, 6.45) is 8.21. The predicted octanol–water partition coefficient (Wildman–Crippen LogP) is 1.06. The lowest BCUT2D eigenvalue weighted by Crippen LogP contribution is -2.59. The Morgan fingerprint density at radius 3 is 2.36 bits per heavy atom. The number of morpholine rings is 1. The average Bonchev–Trinajstić information content (AvgIpc) is 3.32. The summed E-state index contributed by atoms with van der Waals surface area (Å²) in [6, 6.07) is 8.23. The maximum atomic E-state index is 14.5. The van der Waals surface area contributed by atoms with Gasteiger partial charge in [-0.25, -0.2) is 0 Å². The highest BCUT2D eigenvalue weighted by molar-refractivity contribution is 6.00. The number of carbonyl (C=O) groups excluding carboxylic acids is 3. The van der Waals surface area contributed by atoms with E-state index in [4.69, 9.17) is 9.47 Å². The van der Waals surface area contributed by atoms with Crippen molar-refractivity contribution in [2.75, 3.05) is 59.1 Å². The second-order valence-electron chi connectivity index (χ2n) is 12.1. The molecule has 226 valence electrons. The molecule has 1 aromatic carbocycles. The first-order chi connectivity index (χ1) is 20.3. The minimum Gasteiger partial charge on any atom is -0.394 e. The zero-order chi connectivity index (χ0) is 29.5. The maximum absolute atomic E-state index is 14.5. The number of benzene rings is 1. The van der Waals surface area contributed by atoms with Gasteiger partial charge in [0.05, 0.1) is 43.3 Å². The Hall–Kier alpha value is -3.05. The summed E-state index contributed by atoms with van der Waals surface area (Å²) in [6.45, 7) is 8.82. The van der Waals surface area contributed by atoms with Crippen LogP contribution in [0.4, 0.5) is 0 Å². The Bertz CT molecular complexity index is 1250. The summed E-state index contributed by atoms with van der Waals surface area (Å²) >= 11 is 0. The van der Waals surface area contributed by atoms with E-state index < -0.39 is 35.1 Å². The van der Waals surface area contributed by atoms with Gasteiger partial charge in [0, 0.05) is 45.8 Å². The average molecular weight is 579 g/mol. The van der Waals surface area contributed by atoms with E-state index in [9.17, 15) is 19.5 Å². The Balaban J connectivity index is 1.37. The van der Waals surface area contributed by atoms with E-state index in [0.717, 1.165) is 18.7 Å². The molecule has 42 heavy (non-hydrogen) atoms. The number of carbonyl (C=O) groups is 3. The summed E-state index contributed by atoms with van der Waals surface area (Å²) in [7, 11) is 0. The molecule has 0 radical (unpaired) electrons. The molecule has 3 amide bonds. The number of hydrogen-bond donors (Lipinski definition) is 1. The SMILES string of the molecule is CC[C@]12C=CCN(Cc3ccccc3)C(=O)[C@H]1[C@H]1C(=O)N([C@H](C)CO)C3C(=O)N(CCN4CCOCC4)CC=C[C@@]31O2. The van der Waals surface area contributed by atoms with E-state index in [1.807, 2.05) is 61.6 Å². The molecule has 1 aromatic rings. The van der Waals surface area contributed by atoms with Gasteiger partial charge in [-0.15, -0.1) is 0 Å². The molecule has 0 aromatic heterocycles. The van der Waals surface area contributed by atoms with Crippen molar-refractivity contribution in [3.05, 3.63) is 60.2 Å². The van der Waals surface area contributed by atoms with Crippen molar-refractivity contribution in [1.82, 2.24) is 19.6 Å². The lowest BCUT2D eigenvalue weighted by Gasteiger charge is -2.40. The molecule has 1 N–H and O–H groups in total. The fraction of sp³-hybridized carbons (Fsp3) is 0.594. The first-order valence-corrected chi connectivity index (χ1v) is 15.3. The van der Waals surface area contributed by atoms with Crippen molar-refractivity contribution in [2.24, 2.45) is 11.8 Å². The molecule has 1 unspecified atom stereocenters. The smallest absolute Gasteiger partial charge is 0.249 e. The number of likely N-dealkylation sites (tertiary alicyclic amines) is 1. The molecule has 0 bridgehead atoms. The first-order valence-electron chi connectivity index (χ1n) is 15.3. The maximum Gasteiger partial charge on any atom is 0.249 e. The van der Waals surface area contributed by atoms with E-state index >= 15 is 0 Å². The Morgan fingerprint density at radius 1 is 0.929 bits per heavy atom. The molecule has 3 saturated heterocycles. The number of rotatable bonds is 8. The lowest BCUT2D eigenvalue weighted by molar-refractivity contribution is -0.157. The summed E-state index contributed by atoms with van der Waals surface area (Å²) in [5, 5.41) is 10.2. The first kappa shape index (κ1) is 29.0. The lowest BCUT2D eigenvalue weighted by atomic mass is 9.73. The van der Waals surface area contributed by atoms with E-state index in [1.54, 1.807) is 16.7 Å².